The van der Waals surface area contributed by atoms with Crippen LogP contribution in [0, 0.1) is 5.92 Å². The summed E-state index contributed by atoms with van der Waals surface area (Å²) in [5, 5.41) is 2.83. The fourth-order valence-corrected chi connectivity index (χ4v) is 3.43. The molecule has 0 spiro atoms. The van der Waals surface area contributed by atoms with Crippen molar-refractivity contribution >= 4 is 11.9 Å². The molecule has 1 aliphatic rings. The summed E-state index contributed by atoms with van der Waals surface area (Å²) in [6.45, 7) is 8.51. The number of carbonyl (C=O) groups excluding carboxylic acids is 2. The number of nitrogens with one attached hydrogen (secondary N) is 1. The highest BCUT2D eigenvalue weighted by atomic mass is 16.2. The number of hydrogen-bond acceptors (Lipinski definition) is 2. The van der Waals surface area contributed by atoms with Crippen LogP contribution in [0.3, 0.4) is 0 Å². The summed E-state index contributed by atoms with van der Waals surface area (Å²) in [6.07, 6.45) is 3.13. The van der Waals surface area contributed by atoms with Crippen molar-refractivity contribution in [3.05, 3.63) is 35.9 Å². The van der Waals surface area contributed by atoms with E-state index in [1.54, 1.807) is 11.8 Å². The molecule has 1 fully saturated rings. The number of urea groups is 1. The molecule has 25 heavy (non-hydrogen) atoms. The normalized spacial score (nSPS) is 16.4. The molecular formula is C20H31N3O2. The van der Waals surface area contributed by atoms with E-state index >= 15 is 0 Å². The minimum atomic E-state index is -0.473. The molecule has 1 aliphatic heterocycles. The van der Waals surface area contributed by atoms with E-state index in [1.165, 1.54) is 5.56 Å². The van der Waals surface area contributed by atoms with E-state index in [4.69, 9.17) is 0 Å². The Morgan fingerprint density at radius 1 is 1.16 bits per heavy atom. The zero-order valence-corrected chi connectivity index (χ0v) is 15.7. The first kappa shape index (κ1) is 19.3. The molecule has 3 amide bonds. The lowest BCUT2D eigenvalue weighted by molar-refractivity contribution is -0.134. The Hall–Kier alpha value is -2.04. The number of nitrogens with zero attached hydrogens (tertiary/aromatic N) is 2. The van der Waals surface area contributed by atoms with E-state index in [0.29, 0.717) is 19.0 Å². The van der Waals surface area contributed by atoms with E-state index in [1.807, 2.05) is 24.8 Å². The van der Waals surface area contributed by atoms with Crippen molar-refractivity contribution in [2.75, 3.05) is 26.2 Å². The van der Waals surface area contributed by atoms with Crippen LogP contribution in [0.4, 0.5) is 4.79 Å². The Kier molecular flexibility index (Phi) is 7.29. The van der Waals surface area contributed by atoms with Crippen LogP contribution >= 0.6 is 0 Å². The highest BCUT2D eigenvalue weighted by molar-refractivity contribution is 5.86. The Morgan fingerprint density at radius 2 is 1.76 bits per heavy atom. The van der Waals surface area contributed by atoms with Gasteiger partial charge in [0.2, 0.25) is 5.91 Å². The van der Waals surface area contributed by atoms with Crippen molar-refractivity contribution < 1.29 is 9.59 Å². The van der Waals surface area contributed by atoms with Crippen LogP contribution < -0.4 is 5.32 Å². The highest BCUT2D eigenvalue weighted by Gasteiger charge is 2.27. The van der Waals surface area contributed by atoms with Crippen molar-refractivity contribution in [2.45, 2.75) is 46.1 Å². The Morgan fingerprint density at radius 3 is 2.32 bits per heavy atom. The summed E-state index contributed by atoms with van der Waals surface area (Å²) >= 11 is 0. The van der Waals surface area contributed by atoms with Crippen LogP contribution in [0.2, 0.25) is 0 Å². The molecule has 0 aliphatic carbocycles. The van der Waals surface area contributed by atoms with Gasteiger partial charge in [-0.05, 0) is 51.5 Å². The second-order valence-electron chi connectivity index (χ2n) is 6.80. The molecule has 5 nitrogen and oxygen atoms in total. The first-order chi connectivity index (χ1) is 12.0. The van der Waals surface area contributed by atoms with Gasteiger partial charge in [-0.3, -0.25) is 4.79 Å². The number of amides is 3. The largest absolute Gasteiger partial charge is 0.341 e. The first-order valence-corrected chi connectivity index (χ1v) is 9.43. The predicted molar refractivity (Wildman–Crippen MR) is 100 cm³/mol. The summed E-state index contributed by atoms with van der Waals surface area (Å²) in [5.74, 6) is 0.658. The molecule has 5 heteroatoms. The molecule has 0 radical (unpaired) electrons. The van der Waals surface area contributed by atoms with Crippen LogP contribution in [0.15, 0.2) is 30.3 Å². The van der Waals surface area contributed by atoms with Gasteiger partial charge in [0, 0.05) is 26.2 Å². The monoisotopic (exact) mass is 345 g/mol. The maximum absolute atomic E-state index is 12.6. The van der Waals surface area contributed by atoms with Gasteiger partial charge < -0.3 is 15.1 Å². The number of benzene rings is 1. The van der Waals surface area contributed by atoms with E-state index < -0.39 is 6.04 Å². The molecule has 0 saturated carbocycles. The van der Waals surface area contributed by atoms with E-state index in [0.717, 1.165) is 32.4 Å². The van der Waals surface area contributed by atoms with Gasteiger partial charge in [0.05, 0.1) is 0 Å². The van der Waals surface area contributed by atoms with Crippen molar-refractivity contribution in [1.29, 1.82) is 0 Å². The summed E-state index contributed by atoms with van der Waals surface area (Å²) in [5.41, 5.74) is 1.37. The van der Waals surface area contributed by atoms with Crippen LogP contribution in [-0.2, 0) is 11.2 Å². The van der Waals surface area contributed by atoms with Crippen molar-refractivity contribution in [1.82, 2.24) is 15.1 Å². The van der Waals surface area contributed by atoms with Crippen molar-refractivity contribution in [3.8, 4) is 0 Å². The van der Waals surface area contributed by atoms with E-state index in [2.05, 4.69) is 29.6 Å². The number of hydrogen-bond donors (Lipinski definition) is 1. The van der Waals surface area contributed by atoms with Gasteiger partial charge in [0.25, 0.3) is 0 Å². The molecular weight excluding hydrogens is 314 g/mol. The smallest absolute Gasteiger partial charge is 0.318 e. The van der Waals surface area contributed by atoms with E-state index in [-0.39, 0.29) is 11.9 Å². The zero-order chi connectivity index (χ0) is 18.2. The van der Waals surface area contributed by atoms with Gasteiger partial charge in [-0.25, -0.2) is 4.79 Å². The Bertz CT molecular complexity index is 549. The minimum Gasteiger partial charge on any atom is -0.341 e. The molecule has 1 saturated heterocycles. The van der Waals surface area contributed by atoms with Gasteiger partial charge >= 0.3 is 6.03 Å². The maximum Gasteiger partial charge on any atom is 0.318 e. The summed E-state index contributed by atoms with van der Waals surface area (Å²) in [4.78, 5) is 28.3. The number of rotatable bonds is 6. The van der Waals surface area contributed by atoms with Gasteiger partial charge in [0.15, 0.2) is 0 Å². The average Bonchev–Trinajstić information content (AvgIpc) is 2.63. The standard InChI is InChI=1S/C20H31N3O2/c1-4-22(5-2)20(25)21-16(3)19(24)23-13-11-18(12-14-23)15-17-9-7-6-8-10-17/h6-10,16,18H,4-5,11-15H2,1-3H3,(H,21,25)/t16-/m0/s1. The third-order valence-corrected chi connectivity index (χ3v) is 5.05. The fraction of sp³-hybridized carbons (Fsp3) is 0.600. The molecule has 1 aromatic carbocycles. The van der Waals surface area contributed by atoms with E-state index in [9.17, 15) is 9.59 Å². The zero-order valence-electron chi connectivity index (χ0n) is 15.7. The average molecular weight is 345 g/mol. The summed E-state index contributed by atoms with van der Waals surface area (Å²) in [6, 6.07) is 9.90. The highest BCUT2D eigenvalue weighted by Crippen LogP contribution is 2.22. The third kappa shape index (κ3) is 5.48. The number of carbonyl (C=O) groups is 2. The summed E-state index contributed by atoms with van der Waals surface area (Å²) < 4.78 is 0. The lowest BCUT2D eigenvalue weighted by Crippen LogP contribution is -2.52. The predicted octanol–water partition coefficient (Wildman–Crippen LogP) is 2.91. The molecule has 2 rings (SSSR count). The molecule has 0 bridgehead atoms. The maximum atomic E-state index is 12.6. The number of piperidine rings is 1. The van der Waals surface area contributed by atoms with Crippen molar-refractivity contribution in [2.24, 2.45) is 5.92 Å². The molecule has 1 atom stereocenters. The molecule has 0 unspecified atom stereocenters. The van der Waals surface area contributed by atoms with Crippen LogP contribution in [0.25, 0.3) is 0 Å². The summed E-state index contributed by atoms with van der Waals surface area (Å²) in [7, 11) is 0. The number of likely N-dealkylation sites (tertiary alicyclic amines) is 1. The second-order valence-corrected chi connectivity index (χ2v) is 6.80. The molecule has 138 valence electrons. The topological polar surface area (TPSA) is 52.7 Å². The van der Waals surface area contributed by atoms with Gasteiger partial charge in [0.1, 0.15) is 6.04 Å². The van der Waals surface area contributed by atoms with Crippen LogP contribution in [0.1, 0.15) is 39.2 Å². The van der Waals surface area contributed by atoms with Crippen molar-refractivity contribution in [3.63, 3.8) is 0 Å². The lowest BCUT2D eigenvalue weighted by Gasteiger charge is -2.34. The lowest BCUT2D eigenvalue weighted by atomic mass is 9.90. The Labute approximate surface area is 151 Å². The second kappa shape index (κ2) is 9.44. The van der Waals surface area contributed by atoms with Gasteiger partial charge in [-0.2, -0.15) is 0 Å². The van der Waals surface area contributed by atoms with Crippen LogP contribution in [-0.4, -0.2) is 54.0 Å². The fourth-order valence-electron chi connectivity index (χ4n) is 3.43. The van der Waals surface area contributed by atoms with Crippen LogP contribution in [0.5, 0.6) is 0 Å². The van der Waals surface area contributed by atoms with Gasteiger partial charge in [-0.15, -0.1) is 0 Å². The Balaban J connectivity index is 1.79. The molecule has 1 aromatic rings. The minimum absolute atomic E-state index is 0.0265. The molecule has 1 heterocycles. The van der Waals surface area contributed by atoms with Gasteiger partial charge in [-0.1, -0.05) is 30.3 Å². The SMILES string of the molecule is CCN(CC)C(=O)N[C@@H](C)C(=O)N1CCC(Cc2ccccc2)CC1. The molecule has 0 aromatic heterocycles. The first-order valence-electron chi connectivity index (χ1n) is 9.43. The molecule has 1 N–H and O–H groups in total. The third-order valence-electron chi connectivity index (χ3n) is 5.05. The quantitative estimate of drug-likeness (QED) is 0.862.